The zero-order valence-electron chi connectivity index (χ0n) is 12.1. The predicted molar refractivity (Wildman–Crippen MR) is 85.9 cm³/mol. The van der Waals surface area contributed by atoms with E-state index in [0.717, 1.165) is 17.3 Å². The third-order valence-corrected chi connectivity index (χ3v) is 4.09. The molecule has 0 atom stereocenters. The van der Waals surface area contributed by atoms with Crippen molar-refractivity contribution in [3.63, 3.8) is 0 Å². The smallest absolute Gasteiger partial charge is 0.316 e. The predicted octanol–water partition coefficient (Wildman–Crippen LogP) is 4.86. The minimum absolute atomic E-state index is 0.371. The summed E-state index contributed by atoms with van der Waals surface area (Å²) in [5.74, 6) is 0. The summed E-state index contributed by atoms with van der Waals surface area (Å²) in [6.07, 6.45) is -3.88. The summed E-state index contributed by atoms with van der Waals surface area (Å²) < 4.78 is 38.3. The Hall–Kier alpha value is -2.01. The van der Waals surface area contributed by atoms with Crippen molar-refractivity contribution in [1.29, 1.82) is 0 Å². The summed E-state index contributed by atoms with van der Waals surface area (Å²) >= 11 is 6.18. The SMILES string of the molecule is FC(F)(F)c1cccc(CCN2C(Cl)=NCc3ccccc32)c1. The number of para-hydroxylation sites is 1. The number of benzene rings is 2. The van der Waals surface area contributed by atoms with Crippen LogP contribution in [0.25, 0.3) is 0 Å². The first-order chi connectivity index (χ1) is 10.9. The third kappa shape index (κ3) is 3.50. The second-order valence-electron chi connectivity index (χ2n) is 5.31. The van der Waals surface area contributed by atoms with Crippen molar-refractivity contribution in [2.75, 3.05) is 11.4 Å². The average molecular weight is 339 g/mol. The van der Waals surface area contributed by atoms with E-state index in [1.807, 2.05) is 29.2 Å². The summed E-state index contributed by atoms with van der Waals surface area (Å²) in [6, 6.07) is 13.1. The standard InChI is InChI=1S/C17H14ClF3N2/c18-16-22-11-13-5-1-2-7-15(13)23(16)9-8-12-4-3-6-14(10-12)17(19,20)21/h1-7,10H,8-9,11H2. The van der Waals surface area contributed by atoms with E-state index in [2.05, 4.69) is 4.99 Å². The highest BCUT2D eigenvalue weighted by atomic mass is 35.5. The van der Waals surface area contributed by atoms with Gasteiger partial charge >= 0.3 is 6.18 Å². The van der Waals surface area contributed by atoms with Crippen LogP contribution in [-0.4, -0.2) is 11.8 Å². The molecule has 0 spiro atoms. The summed E-state index contributed by atoms with van der Waals surface area (Å²) in [5, 5.41) is 0.371. The van der Waals surface area contributed by atoms with E-state index in [1.165, 1.54) is 12.1 Å². The van der Waals surface area contributed by atoms with Gasteiger partial charge in [0.2, 0.25) is 0 Å². The van der Waals surface area contributed by atoms with Gasteiger partial charge in [-0.15, -0.1) is 0 Å². The summed E-state index contributed by atoms with van der Waals surface area (Å²) in [6.45, 7) is 0.996. The molecular formula is C17H14ClF3N2. The van der Waals surface area contributed by atoms with E-state index in [1.54, 1.807) is 6.07 Å². The van der Waals surface area contributed by atoms with Crippen LogP contribution in [0.1, 0.15) is 16.7 Å². The van der Waals surface area contributed by atoms with Crippen LogP contribution in [0.15, 0.2) is 53.5 Å². The van der Waals surface area contributed by atoms with Crippen LogP contribution in [0.5, 0.6) is 0 Å². The van der Waals surface area contributed by atoms with Gasteiger partial charge in [-0.1, -0.05) is 36.4 Å². The highest BCUT2D eigenvalue weighted by molar-refractivity contribution is 6.68. The molecule has 0 N–H and O–H groups in total. The zero-order valence-corrected chi connectivity index (χ0v) is 12.9. The highest BCUT2D eigenvalue weighted by Gasteiger charge is 2.30. The van der Waals surface area contributed by atoms with Gasteiger partial charge in [0.25, 0.3) is 0 Å². The monoisotopic (exact) mass is 338 g/mol. The Labute approximate surface area is 137 Å². The van der Waals surface area contributed by atoms with Crippen molar-refractivity contribution in [1.82, 2.24) is 0 Å². The Morgan fingerprint density at radius 2 is 1.87 bits per heavy atom. The molecule has 2 aromatic rings. The Morgan fingerprint density at radius 3 is 2.65 bits per heavy atom. The van der Waals surface area contributed by atoms with E-state index in [4.69, 9.17) is 11.6 Å². The van der Waals surface area contributed by atoms with Gasteiger partial charge in [0, 0.05) is 12.2 Å². The van der Waals surface area contributed by atoms with Gasteiger partial charge < -0.3 is 4.90 Å². The molecule has 0 bridgehead atoms. The number of fused-ring (bicyclic) bond motifs is 1. The lowest BCUT2D eigenvalue weighted by molar-refractivity contribution is -0.137. The molecule has 0 saturated carbocycles. The van der Waals surface area contributed by atoms with Crippen molar-refractivity contribution in [3.8, 4) is 0 Å². The van der Waals surface area contributed by atoms with Crippen LogP contribution in [0, 0.1) is 0 Å². The fourth-order valence-corrected chi connectivity index (χ4v) is 2.84. The molecule has 1 aliphatic rings. The van der Waals surface area contributed by atoms with E-state index >= 15 is 0 Å². The first-order valence-electron chi connectivity index (χ1n) is 7.17. The number of amidine groups is 1. The van der Waals surface area contributed by atoms with Crippen LogP contribution in [0.4, 0.5) is 18.9 Å². The van der Waals surface area contributed by atoms with Gasteiger partial charge in [-0.05, 0) is 41.3 Å². The number of aliphatic imine (C=N–C) groups is 1. The molecule has 0 saturated heterocycles. The molecule has 0 unspecified atom stereocenters. The fourth-order valence-electron chi connectivity index (χ4n) is 2.60. The maximum Gasteiger partial charge on any atom is 0.416 e. The number of nitrogens with zero attached hydrogens (tertiary/aromatic N) is 2. The topological polar surface area (TPSA) is 15.6 Å². The van der Waals surface area contributed by atoms with Gasteiger partial charge in [-0.2, -0.15) is 13.2 Å². The lowest BCUT2D eigenvalue weighted by Crippen LogP contribution is -2.32. The van der Waals surface area contributed by atoms with Crippen LogP contribution in [-0.2, 0) is 19.1 Å². The van der Waals surface area contributed by atoms with Gasteiger partial charge in [-0.25, -0.2) is 0 Å². The van der Waals surface area contributed by atoms with Crippen molar-refractivity contribution >= 4 is 22.6 Å². The number of rotatable bonds is 3. The lowest BCUT2D eigenvalue weighted by Gasteiger charge is -2.28. The zero-order chi connectivity index (χ0) is 16.4. The highest BCUT2D eigenvalue weighted by Crippen LogP contribution is 2.30. The number of anilines is 1. The minimum Gasteiger partial charge on any atom is -0.316 e. The van der Waals surface area contributed by atoms with Crippen molar-refractivity contribution in [2.24, 2.45) is 4.99 Å². The number of halogens is 4. The summed E-state index contributed by atoms with van der Waals surface area (Å²) in [4.78, 5) is 6.08. The second-order valence-corrected chi connectivity index (χ2v) is 5.65. The van der Waals surface area contributed by atoms with E-state index in [-0.39, 0.29) is 0 Å². The second kappa shape index (κ2) is 6.24. The summed E-state index contributed by atoms with van der Waals surface area (Å²) in [7, 11) is 0. The molecule has 0 fully saturated rings. The molecule has 1 aliphatic heterocycles. The van der Waals surface area contributed by atoms with E-state index in [0.29, 0.717) is 30.4 Å². The fraction of sp³-hybridized carbons (Fsp3) is 0.235. The molecule has 1 heterocycles. The summed E-state index contributed by atoms with van der Waals surface area (Å²) in [5.41, 5.74) is 2.00. The number of hydrogen-bond donors (Lipinski definition) is 0. The van der Waals surface area contributed by atoms with E-state index in [9.17, 15) is 13.2 Å². The van der Waals surface area contributed by atoms with Crippen molar-refractivity contribution < 1.29 is 13.2 Å². The normalized spacial score (nSPS) is 14.4. The molecule has 2 nitrogen and oxygen atoms in total. The van der Waals surface area contributed by atoms with E-state index < -0.39 is 11.7 Å². The van der Waals surface area contributed by atoms with Crippen LogP contribution >= 0.6 is 11.6 Å². The van der Waals surface area contributed by atoms with Crippen LogP contribution in [0.2, 0.25) is 0 Å². The maximum atomic E-state index is 12.8. The van der Waals surface area contributed by atoms with Gasteiger partial charge in [-0.3, -0.25) is 4.99 Å². The molecule has 0 aliphatic carbocycles. The van der Waals surface area contributed by atoms with Crippen molar-refractivity contribution in [2.45, 2.75) is 19.1 Å². The molecule has 6 heteroatoms. The number of alkyl halides is 3. The quantitative estimate of drug-likeness (QED) is 0.729. The Kier molecular flexibility index (Phi) is 4.31. The molecule has 3 rings (SSSR count). The molecule has 0 aromatic heterocycles. The maximum absolute atomic E-state index is 12.8. The van der Waals surface area contributed by atoms with Gasteiger partial charge in [0.05, 0.1) is 12.1 Å². The largest absolute Gasteiger partial charge is 0.416 e. The first-order valence-corrected chi connectivity index (χ1v) is 7.54. The Bertz CT molecular complexity index is 741. The lowest BCUT2D eigenvalue weighted by atomic mass is 10.1. The van der Waals surface area contributed by atoms with Crippen molar-refractivity contribution in [3.05, 3.63) is 65.2 Å². The van der Waals surface area contributed by atoms with Gasteiger partial charge in [0.15, 0.2) is 5.29 Å². The van der Waals surface area contributed by atoms with Crippen LogP contribution < -0.4 is 4.90 Å². The van der Waals surface area contributed by atoms with Crippen LogP contribution in [0.3, 0.4) is 0 Å². The molecular weight excluding hydrogens is 325 g/mol. The molecule has 2 aromatic carbocycles. The Balaban J connectivity index is 1.78. The molecule has 120 valence electrons. The number of hydrogen-bond acceptors (Lipinski definition) is 2. The molecule has 0 amide bonds. The average Bonchev–Trinajstić information content (AvgIpc) is 2.53. The Morgan fingerprint density at radius 1 is 1.09 bits per heavy atom. The molecule has 0 radical (unpaired) electrons. The first kappa shape index (κ1) is 15.9. The third-order valence-electron chi connectivity index (χ3n) is 3.76. The molecule has 23 heavy (non-hydrogen) atoms. The minimum atomic E-state index is -4.33. The van der Waals surface area contributed by atoms with Gasteiger partial charge in [0.1, 0.15) is 0 Å².